The van der Waals surface area contributed by atoms with Gasteiger partial charge in [-0.3, -0.25) is 4.79 Å². The van der Waals surface area contributed by atoms with Crippen LogP contribution in [0.2, 0.25) is 0 Å². The first-order chi connectivity index (χ1) is 10.2. The molecule has 3 rings (SSSR count). The zero-order valence-electron chi connectivity index (χ0n) is 11.2. The smallest absolute Gasteiger partial charge is 0.228 e. The topological polar surface area (TPSA) is 42.0 Å². The predicted molar refractivity (Wildman–Crippen MR) is 86.3 cm³/mol. The quantitative estimate of drug-likeness (QED) is 0.751. The maximum absolute atomic E-state index is 12.1. The number of carbonyl (C=O) groups is 1. The minimum Gasteiger partial charge on any atom is -0.326 e. The van der Waals surface area contributed by atoms with Crippen LogP contribution in [0.5, 0.6) is 0 Å². The van der Waals surface area contributed by atoms with Crippen molar-refractivity contribution in [3.63, 3.8) is 0 Å². The van der Waals surface area contributed by atoms with Crippen molar-refractivity contribution in [3.8, 4) is 12.3 Å². The van der Waals surface area contributed by atoms with Gasteiger partial charge in [-0.2, -0.15) is 0 Å². The summed E-state index contributed by atoms with van der Waals surface area (Å²) in [6, 6.07) is 13.2. The highest BCUT2D eigenvalue weighted by atomic mass is 32.1. The summed E-state index contributed by atoms with van der Waals surface area (Å²) in [5.74, 6) is 2.51. The maximum atomic E-state index is 12.1. The Labute approximate surface area is 126 Å². The third kappa shape index (κ3) is 3.10. The van der Waals surface area contributed by atoms with E-state index in [0.29, 0.717) is 6.42 Å². The van der Waals surface area contributed by atoms with Gasteiger partial charge in [0, 0.05) is 11.3 Å². The van der Waals surface area contributed by atoms with Crippen LogP contribution in [-0.2, 0) is 11.2 Å². The molecule has 3 nitrogen and oxygen atoms in total. The molecule has 1 N–H and O–H groups in total. The predicted octanol–water partition coefficient (Wildman–Crippen LogP) is 3.46. The minimum absolute atomic E-state index is 0.0620. The molecule has 1 amide bonds. The van der Waals surface area contributed by atoms with Crippen LogP contribution in [0.4, 0.5) is 5.69 Å². The molecule has 1 aromatic heterocycles. The second-order valence-electron chi connectivity index (χ2n) is 4.60. The molecule has 2 aromatic carbocycles. The summed E-state index contributed by atoms with van der Waals surface area (Å²) in [6.07, 6.45) is 5.66. The van der Waals surface area contributed by atoms with Crippen LogP contribution in [0.3, 0.4) is 0 Å². The Morgan fingerprint density at radius 1 is 1.29 bits per heavy atom. The summed E-state index contributed by atoms with van der Waals surface area (Å²) in [5, 5.41) is 2.90. The van der Waals surface area contributed by atoms with Crippen molar-refractivity contribution < 1.29 is 4.79 Å². The molecule has 1 heterocycles. The fourth-order valence-corrected chi connectivity index (χ4v) is 2.81. The number of nitrogens with one attached hydrogen (secondary N) is 1. The van der Waals surface area contributed by atoms with E-state index in [1.165, 1.54) is 0 Å². The van der Waals surface area contributed by atoms with E-state index in [4.69, 9.17) is 6.42 Å². The Morgan fingerprint density at radius 2 is 2.19 bits per heavy atom. The summed E-state index contributed by atoms with van der Waals surface area (Å²) in [4.78, 5) is 16.3. The number of benzene rings is 2. The summed E-state index contributed by atoms with van der Waals surface area (Å²) in [5.41, 5.74) is 5.21. The highest BCUT2D eigenvalue weighted by Gasteiger charge is 2.06. The average molecular weight is 292 g/mol. The van der Waals surface area contributed by atoms with E-state index in [0.717, 1.165) is 27.0 Å². The fraction of sp³-hybridized carbons (Fsp3) is 0.0588. The van der Waals surface area contributed by atoms with Crippen LogP contribution >= 0.6 is 11.3 Å². The van der Waals surface area contributed by atoms with Crippen molar-refractivity contribution in [1.82, 2.24) is 4.98 Å². The van der Waals surface area contributed by atoms with Gasteiger partial charge in [0.25, 0.3) is 0 Å². The molecule has 0 unspecified atom stereocenters. The molecule has 0 aliphatic rings. The lowest BCUT2D eigenvalue weighted by atomic mass is 10.1. The molecular weight excluding hydrogens is 280 g/mol. The van der Waals surface area contributed by atoms with Crippen molar-refractivity contribution in [2.24, 2.45) is 0 Å². The van der Waals surface area contributed by atoms with Gasteiger partial charge in [-0.05, 0) is 35.9 Å². The summed E-state index contributed by atoms with van der Waals surface area (Å²) >= 11 is 1.55. The van der Waals surface area contributed by atoms with Crippen molar-refractivity contribution >= 4 is 33.1 Å². The van der Waals surface area contributed by atoms with E-state index in [1.807, 2.05) is 42.5 Å². The normalized spacial score (nSPS) is 10.2. The number of rotatable bonds is 3. The number of nitrogens with zero attached hydrogens (tertiary/aromatic N) is 1. The number of terminal acetylenes is 1. The van der Waals surface area contributed by atoms with Gasteiger partial charge in [0.15, 0.2) is 0 Å². The van der Waals surface area contributed by atoms with Gasteiger partial charge in [0.1, 0.15) is 0 Å². The van der Waals surface area contributed by atoms with Crippen LogP contribution < -0.4 is 5.32 Å². The number of aromatic nitrogens is 1. The van der Waals surface area contributed by atoms with Gasteiger partial charge in [-0.15, -0.1) is 17.8 Å². The molecule has 0 bridgehead atoms. The fourth-order valence-electron chi connectivity index (χ4n) is 2.09. The van der Waals surface area contributed by atoms with E-state index in [9.17, 15) is 4.79 Å². The van der Waals surface area contributed by atoms with Gasteiger partial charge in [-0.1, -0.05) is 18.1 Å². The van der Waals surface area contributed by atoms with E-state index in [1.54, 1.807) is 16.8 Å². The van der Waals surface area contributed by atoms with Gasteiger partial charge in [0.2, 0.25) is 5.91 Å². The highest BCUT2D eigenvalue weighted by Crippen LogP contribution is 2.21. The van der Waals surface area contributed by atoms with Gasteiger partial charge in [-0.25, -0.2) is 4.98 Å². The molecule has 0 aliphatic heterocycles. The molecule has 0 spiro atoms. The van der Waals surface area contributed by atoms with Crippen LogP contribution in [-0.4, -0.2) is 10.9 Å². The third-order valence-corrected chi connectivity index (χ3v) is 3.87. The number of carbonyl (C=O) groups excluding carboxylic acids is 1. The number of amides is 1. The number of thiazole rings is 1. The molecule has 0 saturated carbocycles. The van der Waals surface area contributed by atoms with Crippen molar-refractivity contribution in [2.75, 3.05) is 5.32 Å². The number of fused-ring (bicyclic) bond motifs is 1. The number of anilines is 1. The molecule has 4 heteroatoms. The number of hydrogen-bond acceptors (Lipinski definition) is 3. The average Bonchev–Trinajstić information content (AvgIpc) is 2.95. The van der Waals surface area contributed by atoms with Crippen LogP contribution in [0.15, 0.2) is 48.0 Å². The minimum atomic E-state index is -0.0620. The van der Waals surface area contributed by atoms with Crippen LogP contribution in [0.1, 0.15) is 11.1 Å². The molecule has 0 aliphatic carbocycles. The Balaban J connectivity index is 1.72. The van der Waals surface area contributed by atoms with Crippen LogP contribution in [0.25, 0.3) is 10.2 Å². The molecule has 0 atom stereocenters. The Bertz CT molecular complexity index is 845. The van der Waals surface area contributed by atoms with E-state index in [-0.39, 0.29) is 5.91 Å². The monoisotopic (exact) mass is 292 g/mol. The molecule has 0 saturated heterocycles. The van der Waals surface area contributed by atoms with Crippen molar-refractivity contribution in [2.45, 2.75) is 6.42 Å². The highest BCUT2D eigenvalue weighted by molar-refractivity contribution is 7.16. The van der Waals surface area contributed by atoms with E-state index < -0.39 is 0 Å². The zero-order chi connectivity index (χ0) is 14.7. The first-order valence-corrected chi connectivity index (χ1v) is 7.31. The second-order valence-corrected chi connectivity index (χ2v) is 5.49. The lowest BCUT2D eigenvalue weighted by Gasteiger charge is -2.05. The van der Waals surface area contributed by atoms with Gasteiger partial charge >= 0.3 is 0 Å². The zero-order valence-corrected chi connectivity index (χ0v) is 12.0. The summed E-state index contributed by atoms with van der Waals surface area (Å²) in [6.45, 7) is 0. The second kappa shape index (κ2) is 5.78. The van der Waals surface area contributed by atoms with Gasteiger partial charge in [0.05, 0.1) is 22.1 Å². The summed E-state index contributed by atoms with van der Waals surface area (Å²) in [7, 11) is 0. The van der Waals surface area contributed by atoms with Gasteiger partial charge < -0.3 is 5.32 Å². The first kappa shape index (κ1) is 13.3. The Kier molecular flexibility index (Phi) is 3.67. The number of hydrogen-bond donors (Lipinski definition) is 1. The first-order valence-electron chi connectivity index (χ1n) is 6.43. The SMILES string of the molecule is C#Cc1cccc(CC(=O)Nc2ccc3ncsc3c2)c1. The summed E-state index contributed by atoms with van der Waals surface area (Å²) < 4.78 is 1.06. The molecule has 0 radical (unpaired) electrons. The Hall–Kier alpha value is -2.64. The largest absolute Gasteiger partial charge is 0.326 e. The molecule has 3 aromatic rings. The molecule has 102 valence electrons. The molecular formula is C17H12N2OS. The Morgan fingerprint density at radius 3 is 3.05 bits per heavy atom. The maximum Gasteiger partial charge on any atom is 0.228 e. The van der Waals surface area contributed by atoms with Crippen molar-refractivity contribution in [1.29, 1.82) is 0 Å². The standard InChI is InChI=1S/C17H12N2OS/c1-2-12-4-3-5-13(8-12)9-17(20)19-14-6-7-15-16(10-14)21-11-18-15/h1,3-8,10-11H,9H2,(H,19,20). The lowest BCUT2D eigenvalue weighted by Crippen LogP contribution is -2.14. The lowest BCUT2D eigenvalue weighted by molar-refractivity contribution is -0.115. The molecule has 0 fully saturated rings. The van der Waals surface area contributed by atoms with Crippen LogP contribution in [0, 0.1) is 12.3 Å². The van der Waals surface area contributed by atoms with E-state index >= 15 is 0 Å². The third-order valence-electron chi connectivity index (χ3n) is 3.07. The van der Waals surface area contributed by atoms with E-state index in [2.05, 4.69) is 16.2 Å². The molecule has 21 heavy (non-hydrogen) atoms. The van der Waals surface area contributed by atoms with Crippen molar-refractivity contribution in [3.05, 3.63) is 59.1 Å².